The van der Waals surface area contributed by atoms with Crippen LogP contribution in [0.25, 0.3) is 5.69 Å². The summed E-state index contributed by atoms with van der Waals surface area (Å²) in [4.78, 5) is 4.23. The molecule has 18 heavy (non-hydrogen) atoms. The Hall–Kier alpha value is -2.21. The van der Waals surface area contributed by atoms with Gasteiger partial charge in [0.15, 0.2) is 0 Å². The van der Waals surface area contributed by atoms with E-state index >= 15 is 0 Å². The monoisotopic (exact) mass is 257 g/mol. The summed E-state index contributed by atoms with van der Waals surface area (Å²) < 4.78 is 1.87. The molecule has 0 aliphatic carbocycles. The Morgan fingerprint density at radius 1 is 1.22 bits per heavy atom. The molecule has 0 unspecified atom stereocenters. The highest BCUT2D eigenvalue weighted by Crippen LogP contribution is 2.15. The molecule has 3 aromatic rings. The van der Waals surface area contributed by atoms with Gasteiger partial charge in [0.1, 0.15) is 12.7 Å². The molecule has 0 amide bonds. The maximum absolute atomic E-state index is 4.23. The summed E-state index contributed by atoms with van der Waals surface area (Å²) in [7, 11) is 0. The predicted molar refractivity (Wildman–Crippen MR) is 70.8 cm³/mol. The summed E-state index contributed by atoms with van der Waals surface area (Å²) in [6.07, 6.45) is 3.36. The van der Waals surface area contributed by atoms with Gasteiger partial charge in [-0.05, 0) is 18.2 Å². The predicted octanol–water partition coefficient (Wildman–Crippen LogP) is 2.34. The number of nitrogens with zero attached hydrogens (tertiary/aromatic N) is 4. The van der Waals surface area contributed by atoms with Crippen molar-refractivity contribution < 1.29 is 0 Å². The van der Waals surface area contributed by atoms with Gasteiger partial charge in [-0.25, -0.2) is 4.98 Å². The van der Waals surface area contributed by atoms with Gasteiger partial charge < -0.3 is 5.32 Å². The van der Waals surface area contributed by atoms with Gasteiger partial charge in [-0.3, -0.25) is 4.57 Å². The Labute approximate surface area is 108 Å². The first-order valence-corrected chi connectivity index (χ1v) is 6.42. The SMILES string of the molecule is c1cc(NCc2cscn2)cc(-n2cnnc2)c1. The van der Waals surface area contributed by atoms with Crippen molar-refractivity contribution in [2.45, 2.75) is 6.54 Å². The second kappa shape index (κ2) is 4.97. The second-order valence-electron chi connectivity index (χ2n) is 3.75. The van der Waals surface area contributed by atoms with Crippen LogP contribution in [-0.4, -0.2) is 19.7 Å². The fourth-order valence-corrected chi connectivity index (χ4v) is 2.19. The molecule has 0 spiro atoms. The Balaban J connectivity index is 1.75. The lowest BCUT2D eigenvalue weighted by Gasteiger charge is -2.07. The van der Waals surface area contributed by atoms with Crippen molar-refractivity contribution in [3.63, 3.8) is 0 Å². The van der Waals surface area contributed by atoms with Crippen LogP contribution in [0.3, 0.4) is 0 Å². The number of hydrogen-bond donors (Lipinski definition) is 1. The van der Waals surface area contributed by atoms with Crippen LogP contribution in [0.2, 0.25) is 0 Å². The molecule has 0 radical (unpaired) electrons. The van der Waals surface area contributed by atoms with Crippen molar-refractivity contribution in [1.82, 2.24) is 19.7 Å². The van der Waals surface area contributed by atoms with Crippen LogP contribution >= 0.6 is 11.3 Å². The maximum Gasteiger partial charge on any atom is 0.123 e. The molecule has 0 atom stereocenters. The molecule has 1 aromatic carbocycles. The minimum atomic E-state index is 0.731. The molecular weight excluding hydrogens is 246 g/mol. The lowest BCUT2D eigenvalue weighted by atomic mass is 10.2. The minimum Gasteiger partial charge on any atom is -0.379 e. The van der Waals surface area contributed by atoms with E-state index in [9.17, 15) is 0 Å². The highest BCUT2D eigenvalue weighted by atomic mass is 32.1. The van der Waals surface area contributed by atoms with Crippen LogP contribution in [0.4, 0.5) is 5.69 Å². The Kier molecular flexibility index (Phi) is 3.01. The van der Waals surface area contributed by atoms with Gasteiger partial charge in [0, 0.05) is 11.1 Å². The van der Waals surface area contributed by atoms with E-state index in [4.69, 9.17) is 0 Å². The van der Waals surface area contributed by atoms with Crippen molar-refractivity contribution in [3.05, 3.63) is 53.5 Å². The third-order valence-corrected chi connectivity index (χ3v) is 3.16. The highest BCUT2D eigenvalue weighted by Gasteiger charge is 1.99. The first-order valence-electron chi connectivity index (χ1n) is 5.48. The van der Waals surface area contributed by atoms with Crippen molar-refractivity contribution in [1.29, 1.82) is 0 Å². The van der Waals surface area contributed by atoms with E-state index in [-0.39, 0.29) is 0 Å². The summed E-state index contributed by atoms with van der Waals surface area (Å²) in [5.41, 5.74) is 4.97. The summed E-state index contributed by atoms with van der Waals surface area (Å²) in [5, 5.41) is 13.0. The Bertz CT molecular complexity index is 603. The highest BCUT2D eigenvalue weighted by molar-refractivity contribution is 7.07. The Morgan fingerprint density at radius 3 is 2.89 bits per heavy atom. The molecule has 2 heterocycles. The molecular formula is C12H11N5S. The number of nitrogens with one attached hydrogen (secondary N) is 1. The number of thiazole rings is 1. The van der Waals surface area contributed by atoms with Crippen molar-refractivity contribution >= 4 is 17.0 Å². The largest absolute Gasteiger partial charge is 0.379 e. The van der Waals surface area contributed by atoms with E-state index in [0.29, 0.717) is 0 Å². The molecule has 1 N–H and O–H groups in total. The average molecular weight is 257 g/mol. The number of aromatic nitrogens is 4. The minimum absolute atomic E-state index is 0.731. The van der Waals surface area contributed by atoms with Gasteiger partial charge in [-0.2, -0.15) is 0 Å². The maximum atomic E-state index is 4.23. The molecule has 0 saturated carbocycles. The number of rotatable bonds is 4. The number of anilines is 1. The quantitative estimate of drug-likeness (QED) is 0.779. The van der Waals surface area contributed by atoms with Gasteiger partial charge in [0.2, 0.25) is 0 Å². The van der Waals surface area contributed by atoms with Crippen molar-refractivity contribution in [2.75, 3.05) is 5.32 Å². The zero-order chi connectivity index (χ0) is 12.2. The zero-order valence-electron chi connectivity index (χ0n) is 9.52. The van der Waals surface area contributed by atoms with Crippen LogP contribution < -0.4 is 5.32 Å². The van der Waals surface area contributed by atoms with Crippen LogP contribution in [-0.2, 0) is 6.54 Å². The normalized spacial score (nSPS) is 10.4. The molecule has 5 nitrogen and oxygen atoms in total. The third kappa shape index (κ3) is 2.38. The van der Waals surface area contributed by atoms with Gasteiger partial charge >= 0.3 is 0 Å². The first-order chi connectivity index (χ1) is 8.92. The molecule has 0 saturated heterocycles. The fraction of sp³-hybridized carbons (Fsp3) is 0.0833. The molecule has 0 aliphatic heterocycles. The number of benzene rings is 1. The lowest BCUT2D eigenvalue weighted by Crippen LogP contribution is -2.00. The topological polar surface area (TPSA) is 55.6 Å². The summed E-state index contributed by atoms with van der Waals surface area (Å²) in [5.74, 6) is 0. The second-order valence-corrected chi connectivity index (χ2v) is 4.47. The van der Waals surface area contributed by atoms with Crippen molar-refractivity contribution in [3.8, 4) is 5.69 Å². The van der Waals surface area contributed by atoms with Crippen molar-refractivity contribution in [2.24, 2.45) is 0 Å². The number of hydrogen-bond acceptors (Lipinski definition) is 5. The summed E-state index contributed by atoms with van der Waals surface area (Å²) in [6.45, 7) is 0.731. The molecule has 0 aliphatic rings. The fourth-order valence-electron chi connectivity index (χ4n) is 1.63. The van der Waals surface area contributed by atoms with Crippen LogP contribution in [0.15, 0.2) is 47.8 Å². The van der Waals surface area contributed by atoms with E-state index < -0.39 is 0 Å². The summed E-state index contributed by atoms with van der Waals surface area (Å²) in [6, 6.07) is 8.09. The average Bonchev–Trinajstić information content (AvgIpc) is 3.10. The van der Waals surface area contributed by atoms with Gasteiger partial charge in [-0.1, -0.05) is 6.07 Å². The Morgan fingerprint density at radius 2 is 2.11 bits per heavy atom. The molecule has 3 rings (SSSR count). The van der Waals surface area contributed by atoms with E-state index in [0.717, 1.165) is 23.6 Å². The van der Waals surface area contributed by atoms with E-state index in [1.165, 1.54) is 0 Å². The lowest BCUT2D eigenvalue weighted by molar-refractivity contribution is 1.04. The smallest absolute Gasteiger partial charge is 0.123 e. The van der Waals surface area contributed by atoms with Crippen LogP contribution in [0, 0.1) is 0 Å². The molecule has 6 heteroatoms. The molecule has 0 bridgehead atoms. The van der Waals surface area contributed by atoms with Gasteiger partial charge in [0.25, 0.3) is 0 Å². The first kappa shape index (κ1) is 10.9. The van der Waals surface area contributed by atoms with Crippen LogP contribution in [0.1, 0.15) is 5.69 Å². The van der Waals surface area contributed by atoms with E-state index in [1.807, 2.05) is 33.7 Å². The van der Waals surface area contributed by atoms with E-state index in [2.05, 4.69) is 26.6 Å². The molecule has 0 fully saturated rings. The van der Waals surface area contributed by atoms with Crippen LogP contribution in [0.5, 0.6) is 0 Å². The van der Waals surface area contributed by atoms with Gasteiger partial charge in [0.05, 0.1) is 23.4 Å². The summed E-state index contributed by atoms with van der Waals surface area (Å²) >= 11 is 1.60. The molecule has 2 aromatic heterocycles. The zero-order valence-corrected chi connectivity index (χ0v) is 10.3. The van der Waals surface area contributed by atoms with E-state index in [1.54, 1.807) is 24.0 Å². The van der Waals surface area contributed by atoms with Gasteiger partial charge in [-0.15, -0.1) is 21.5 Å². The standard InChI is InChI=1S/C12H11N5S/c1-2-10(13-5-11-6-18-9-14-11)4-12(3-1)17-7-15-16-8-17/h1-4,6-9,13H,5H2. The third-order valence-electron chi connectivity index (χ3n) is 2.52. The molecule has 90 valence electrons.